The Bertz CT molecular complexity index is 559. The number of hydrogen-bond donors (Lipinski definition) is 0. The van der Waals surface area contributed by atoms with Crippen molar-refractivity contribution in [3.05, 3.63) is 35.9 Å². The van der Waals surface area contributed by atoms with Gasteiger partial charge in [0.1, 0.15) is 0 Å². The van der Waals surface area contributed by atoms with Gasteiger partial charge in [-0.15, -0.1) is 3.89 Å². The molecular weight excluding hydrogens is 269 g/mol. The van der Waals surface area contributed by atoms with Crippen LogP contribution in [0.25, 0.3) is 0 Å². The molecule has 104 valence electrons. The summed E-state index contributed by atoms with van der Waals surface area (Å²) in [6.07, 6.45) is 0.0975. The Kier molecular flexibility index (Phi) is 3.89. The van der Waals surface area contributed by atoms with E-state index in [-0.39, 0.29) is 24.9 Å². The maximum absolute atomic E-state index is 12.7. The highest BCUT2D eigenvalue weighted by Gasteiger charge is 2.35. The molecule has 1 aromatic carbocycles. The third-order valence-corrected chi connectivity index (χ3v) is 4.29. The fourth-order valence-corrected chi connectivity index (χ4v) is 3.27. The molecule has 1 fully saturated rings. The second kappa shape index (κ2) is 5.28. The van der Waals surface area contributed by atoms with Crippen molar-refractivity contribution in [2.45, 2.75) is 19.4 Å². The Morgan fingerprint density at radius 2 is 2.00 bits per heavy atom. The van der Waals surface area contributed by atoms with Crippen molar-refractivity contribution in [3.63, 3.8) is 0 Å². The van der Waals surface area contributed by atoms with E-state index >= 15 is 0 Å². The largest absolute Gasteiger partial charge is 0.336 e. The highest BCUT2D eigenvalue weighted by atomic mass is 32.3. The lowest BCUT2D eigenvalue weighted by molar-refractivity contribution is -0.129. The van der Waals surface area contributed by atoms with E-state index in [9.17, 15) is 17.1 Å². The Morgan fingerprint density at radius 1 is 1.37 bits per heavy atom. The predicted octanol–water partition coefficient (Wildman–Crippen LogP) is 1.90. The maximum Gasteiger partial charge on any atom is 0.302 e. The SMILES string of the molecule is CC(c1ccccc1)N1CC(CS(=O)(=O)F)CC1=O. The molecule has 0 saturated carbocycles. The quantitative estimate of drug-likeness (QED) is 0.794. The van der Waals surface area contributed by atoms with Crippen molar-refractivity contribution in [1.29, 1.82) is 0 Å². The standard InChI is InChI=1S/C13H16FNO3S/c1-10(12-5-3-2-4-6-12)15-8-11(7-13(15)16)9-19(14,17)18/h2-6,10-11H,7-9H2,1H3. The van der Waals surface area contributed by atoms with Crippen molar-refractivity contribution in [1.82, 2.24) is 4.90 Å². The summed E-state index contributed by atoms with van der Waals surface area (Å²) in [5.41, 5.74) is 0.986. The fraction of sp³-hybridized carbons (Fsp3) is 0.462. The van der Waals surface area contributed by atoms with E-state index in [1.54, 1.807) is 4.90 Å². The van der Waals surface area contributed by atoms with Gasteiger partial charge in [-0.3, -0.25) is 4.79 Å². The first-order valence-corrected chi connectivity index (χ1v) is 7.69. The molecule has 0 N–H and O–H groups in total. The number of likely N-dealkylation sites (tertiary alicyclic amines) is 1. The number of carbonyl (C=O) groups excluding carboxylic acids is 1. The average Bonchev–Trinajstić information content (AvgIpc) is 2.68. The van der Waals surface area contributed by atoms with E-state index in [2.05, 4.69) is 0 Å². The number of halogens is 1. The van der Waals surface area contributed by atoms with Gasteiger partial charge in [0.2, 0.25) is 5.91 Å². The molecule has 1 aliphatic rings. The van der Waals surface area contributed by atoms with Gasteiger partial charge in [-0.1, -0.05) is 30.3 Å². The second-order valence-electron chi connectivity index (χ2n) is 4.91. The maximum atomic E-state index is 12.7. The third kappa shape index (κ3) is 3.53. The zero-order valence-corrected chi connectivity index (χ0v) is 11.4. The van der Waals surface area contributed by atoms with Crippen LogP contribution >= 0.6 is 0 Å². The number of rotatable bonds is 4. The molecule has 19 heavy (non-hydrogen) atoms. The molecule has 0 aromatic heterocycles. The molecule has 1 amide bonds. The summed E-state index contributed by atoms with van der Waals surface area (Å²) >= 11 is 0. The van der Waals surface area contributed by atoms with E-state index in [4.69, 9.17) is 0 Å². The van der Waals surface area contributed by atoms with E-state index in [1.807, 2.05) is 37.3 Å². The highest BCUT2D eigenvalue weighted by molar-refractivity contribution is 7.86. The molecule has 2 unspecified atom stereocenters. The zero-order valence-electron chi connectivity index (χ0n) is 10.6. The molecule has 2 atom stereocenters. The monoisotopic (exact) mass is 285 g/mol. The molecule has 4 nitrogen and oxygen atoms in total. The summed E-state index contributed by atoms with van der Waals surface area (Å²) in [6, 6.07) is 9.36. The lowest BCUT2D eigenvalue weighted by Gasteiger charge is -2.25. The Morgan fingerprint density at radius 3 is 2.58 bits per heavy atom. The minimum absolute atomic E-state index is 0.0975. The van der Waals surface area contributed by atoms with E-state index in [1.165, 1.54) is 0 Å². The van der Waals surface area contributed by atoms with Crippen molar-refractivity contribution < 1.29 is 17.1 Å². The molecule has 1 heterocycles. The Balaban J connectivity index is 2.08. The van der Waals surface area contributed by atoms with Gasteiger partial charge < -0.3 is 4.90 Å². The van der Waals surface area contributed by atoms with E-state index in [0.29, 0.717) is 0 Å². The van der Waals surface area contributed by atoms with Crippen LogP contribution in [0.5, 0.6) is 0 Å². The third-order valence-electron chi connectivity index (χ3n) is 3.42. The van der Waals surface area contributed by atoms with Crippen LogP contribution in [0.2, 0.25) is 0 Å². The minimum Gasteiger partial charge on any atom is -0.336 e. The van der Waals surface area contributed by atoms with Crippen molar-refractivity contribution in [3.8, 4) is 0 Å². The van der Waals surface area contributed by atoms with Gasteiger partial charge in [0.05, 0.1) is 11.8 Å². The number of hydrogen-bond acceptors (Lipinski definition) is 3. The summed E-state index contributed by atoms with van der Waals surface area (Å²) < 4.78 is 33.9. The van der Waals surface area contributed by atoms with Crippen LogP contribution in [0.15, 0.2) is 30.3 Å². The Hall–Kier alpha value is -1.43. The summed E-state index contributed by atoms with van der Waals surface area (Å²) in [5, 5.41) is 0. The summed E-state index contributed by atoms with van der Waals surface area (Å²) in [5.74, 6) is -1.14. The van der Waals surface area contributed by atoms with Crippen LogP contribution in [-0.4, -0.2) is 31.5 Å². The lowest BCUT2D eigenvalue weighted by Crippen LogP contribution is -2.29. The molecule has 2 rings (SSSR count). The van der Waals surface area contributed by atoms with Crippen LogP contribution in [-0.2, 0) is 15.0 Å². The molecule has 0 aliphatic carbocycles. The van der Waals surface area contributed by atoms with E-state index in [0.717, 1.165) is 5.56 Å². The van der Waals surface area contributed by atoms with Gasteiger partial charge in [-0.2, -0.15) is 8.42 Å². The average molecular weight is 285 g/mol. The van der Waals surface area contributed by atoms with Crippen molar-refractivity contribution in [2.24, 2.45) is 5.92 Å². The van der Waals surface area contributed by atoms with Gasteiger partial charge in [-0.05, 0) is 12.5 Å². The molecular formula is C13H16FNO3S. The smallest absolute Gasteiger partial charge is 0.302 e. The molecule has 0 radical (unpaired) electrons. The molecule has 1 aromatic rings. The summed E-state index contributed by atoms with van der Waals surface area (Å²) in [4.78, 5) is 13.5. The first kappa shape index (κ1) is 14.0. The molecule has 6 heteroatoms. The number of benzene rings is 1. The summed E-state index contributed by atoms with van der Waals surface area (Å²) in [7, 11) is -4.52. The van der Waals surface area contributed by atoms with Crippen LogP contribution in [0.3, 0.4) is 0 Å². The fourth-order valence-electron chi connectivity index (χ4n) is 2.49. The zero-order chi connectivity index (χ0) is 14.0. The van der Waals surface area contributed by atoms with Gasteiger partial charge in [0.15, 0.2) is 0 Å². The van der Waals surface area contributed by atoms with E-state index < -0.39 is 21.9 Å². The Labute approximate surface area is 112 Å². The molecule has 0 bridgehead atoms. The van der Waals surface area contributed by atoms with Gasteiger partial charge in [-0.25, -0.2) is 0 Å². The van der Waals surface area contributed by atoms with Crippen LogP contribution < -0.4 is 0 Å². The predicted molar refractivity (Wildman–Crippen MR) is 69.6 cm³/mol. The van der Waals surface area contributed by atoms with Crippen LogP contribution in [0.1, 0.15) is 24.9 Å². The lowest BCUT2D eigenvalue weighted by atomic mass is 10.1. The van der Waals surface area contributed by atoms with Gasteiger partial charge in [0.25, 0.3) is 0 Å². The van der Waals surface area contributed by atoms with Crippen molar-refractivity contribution >= 4 is 16.1 Å². The first-order valence-electron chi connectivity index (χ1n) is 6.13. The number of carbonyl (C=O) groups is 1. The van der Waals surface area contributed by atoms with Gasteiger partial charge in [0, 0.05) is 18.9 Å². The molecule has 1 aliphatic heterocycles. The van der Waals surface area contributed by atoms with Crippen LogP contribution in [0.4, 0.5) is 3.89 Å². The van der Waals surface area contributed by atoms with Crippen LogP contribution in [0, 0.1) is 5.92 Å². The number of amides is 1. The molecule has 1 saturated heterocycles. The summed E-state index contributed by atoms with van der Waals surface area (Å²) in [6.45, 7) is 2.18. The topological polar surface area (TPSA) is 54.5 Å². The number of nitrogens with zero attached hydrogens (tertiary/aromatic N) is 1. The highest BCUT2D eigenvalue weighted by Crippen LogP contribution is 2.29. The molecule has 0 spiro atoms. The second-order valence-corrected chi connectivity index (χ2v) is 6.32. The van der Waals surface area contributed by atoms with Crippen molar-refractivity contribution in [2.75, 3.05) is 12.3 Å². The van der Waals surface area contributed by atoms with Gasteiger partial charge >= 0.3 is 10.2 Å². The first-order chi connectivity index (χ1) is 8.87. The minimum atomic E-state index is -4.52. The normalized spacial score (nSPS) is 21.7.